The smallest absolute Gasteiger partial charge is 0.0558 e. The topological polar surface area (TPSA) is 26.7 Å². The molecule has 0 atom stereocenters. The van der Waals surface area contributed by atoms with Gasteiger partial charge in [-0.15, -0.1) is 0 Å². The second-order valence-corrected chi connectivity index (χ2v) is 3.61. The van der Waals surface area contributed by atoms with Crippen molar-refractivity contribution in [3.63, 3.8) is 0 Å². The number of rotatable bonds is 5. The molecule has 78 valence electrons. The number of unbranched alkanes of at least 4 members (excludes halogenated alkanes) is 1. The lowest BCUT2D eigenvalue weighted by molar-refractivity contribution is 0.112. The third-order valence-electron chi connectivity index (χ3n) is 2.61. The molecule has 1 fully saturated rings. The average Bonchev–Trinajstić information content (AvgIpc) is 2.17. The van der Waals surface area contributed by atoms with E-state index in [1.54, 1.807) is 0 Å². The van der Waals surface area contributed by atoms with E-state index in [0.29, 0.717) is 6.61 Å². The molecule has 0 radical (unpaired) electrons. The molecule has 3 heteroatoms. The Bertz CT molecular complexity index is 122. The van der Waals surface area contributed by atoms with Gasteiger partial charge in [-0.25, -0.2) is 0 Å². The van der Waals surface area contributed by atoms with Crippen molar-refractivity contribution in [1.29, 1.82) is 0 Å². The van der Waals surface area contributed by atoms with Crippen LogP contribution in [0.5, 0.6) is 0 Å². The molecule has 3 nitrogen and oxygen atoms in total. The quantitative estimate of drug-likeness (QED) is 0.620. The molecule has 1 rings (SSSR count). The van der Waals surface area contributed by atoms with Gasteiger partial charge in [-0.05, 0) is 6.54 Å². The van der Waals surface area contributed by atoms with Gasteiger partial charge in [0.25, 0.3) is 0 Å². The van der Waals surface area contributed by atoms with Gasteiger partial charge in [0, 0.05) is 32.7 Å². The number of β-amino-alcohol motifs (C(OH)–C–C–N with tert-alkyl or cyclic N) is 1. The van der Waals surface area contributed by atoms with Crippen molar-refractivity contribution >= 4 is 0 Å². The predicted molar refractivity (Wildman–Crippen MR) is 54.6 cm³/mol. The summed E-state index contributed by atoms with van der Waals surface area (Å²) in [6, 6.07) is 0. The fourth-order valence-electron chi connectivity index (χ4n) is 1.71. The largest absolute Gasteiger partial charge is 0.395 e. The van der Waals surface area contributed by atoms with E-state index in [4.69, 9.17) is 5.11 Å². The van der Waals surface area contributed by atoms with Crippen molar-refractivity contribution in [1.82, 2.24) is 9.80 Å². The highest BCUT2D eigenvalue weighted by molar-refractivity contribution is 4.71. The first-order valence-corrected chi connectivity index (χ1v) is 5.21. The lowest BCUT2D eigenvalue weighted by atomic mass is 10.2. The molecule has 1 N–H and O–H groups in total. The molecule has 13 heavy (non-hydrogen) atoms. The first-order chi connectivity index (χ1) is 6.36. The maximum Gasteiger partial charge on any atom is 0.0558 e. The second-order valence-electron chi connectivity index (χ2n) is 3.61. The van der Waals surface area contributed by atoms with Crippen LogP contribution in [0.2, 0.25) is 0 Å². The van der Waals surface area contributed by atoms with Gasteiger partial charge in [0.15, 0.2) is 0 Å². The molecule has 0 bridgehead atoms. The van der Waals surface area contributed by atoms with Crippen LogP contribution in [0.3, 0.4) is 0 Å². The highest BCUT2D eigenvalue weighted by Gasteiger charge is 2.14. The second kappa shape index (κ2) is 6.35. The van der Waals surface area contributed by atoms with Gasteiger partial charge in [0.05, 0.1) is 6.61 Å². The van der Waals surface area contributed by atoms with Crippen LogP contribution >= 0.6 is 0 Å². The van der Waals surface area contributed by atoms with Crippen LogP contribution < -0.4 is 0 Å². The predicted octanol–water partition coefficient (Wildman–Crippen LogP) is 0.211. The molecule has 1 heterocycles. The third-order valence-corrected chi connectivity index (χ3v) is 2.61. The molecule has 1 saturated heterocycles. The first-order valence-electron chi connectivity index (χ1n) is 5.21. The monoisotopic (exact) mass is 185 g/mol. The first kappa shape index (κ1) is 11.0. The molecule has 0 aromatic rings. The maximum atomic E-state index is 8.76. The number of aliphatic hydroxyl groups is 1. The Hall–Kier alpha value is -0.120. The minimum atomic E-state index is 0.291. The van der Waals surface area contributed by atoms with Gasteiger partial charge < -0.3 is 16.9 Å². The van der Waals surface area contributed by atoms with Gasteiger partial charge in [-0.1, -0.05) is 6.42 Å². The van der Waals surface area contributed by atoms with Crippen molar-refractivity contribution in [3.05, 3.63) is 6.92 Å². The van der Waals surface area contributed by atoms with Crippen molar-refractivity contribution in [2.24, 2.45) is 0 Å². The normalized spacial score (nSPS) is 20.8. The van der Waals surface area contributed by atoms with Crippen LogP contribution in [0.1, 0.15) is 12.8 Å². The zero-order valence-corrected chi connectivity index (χ0v) is 8.41. The van der Waals surface area contributed by atoms with Gasteiger partial charge in [0.1, 0.15) is 0 Å². The summed E-state index contributed by atoms with van der Waals surface area (Å²) in [5.41, 5.74) is 0. The van der Waals surface area contributed by atoms with Crippen molar-refractivity contribution in [2.45, 2.75) is 12.8 Å². The molecule has 0 spiro atoms. The minimum Gasteiger partial charge on any atom is -0.395 e. The summed E-state index contributed by atoms with van der Waals surface area (Å²) in [4.78, 5) is 4.81. The fourth-order valence-corrected chi connectivity index (χ4v) is 1.71. The standard InChI is InChI=1S/C10H21N2O/c1-2-3-4-11-5-7-12(8-6-11)9-10-13/h13H,1-10H2/q-1. The summed E-state index contributed by atoms with van der Waals surface area (Å²) < 4.78 is 0. The third kappa shape index (κ3) is 4.07. The van der Waals surface area contributed by atoms with E-state index in [9.17, 15) is 0 Å². The zero-order valence-electron chi connectivity index (χ0n) is 8.41. The summed E-state index contributed by atoms with van der Waals surface area (Å²) in [7, 11) is 0. The fraction of sp³-hybridized carbons (Fsp3) is 0.900. The Balaban J connectivity index is 2.08. The highest BCUT2D eigenvalue weighted by Crippen LogP contribution is 2.02. The van der Waals surface area contributed by atoms with Gasteiger partial charge in [-0.3, -0.25) is 4.90 Å². The summed E-state index contributed by atoms with van der Waals surface area (Å²) in [6.45, 7) is 10.7. The molecule has 0 aliphatic carbocycles. The Morgan fingerprint density at radius 1 is 1.00 bits per heavy atom. The van der Waals surface area contributed by atoms with E-state index in [0.717, 1.165) is 39.1 Å². The van der Waals surface area contributed by atoms with Crippen LogP contribution in [0.4, 0.5) is 0 Å². The number of aliphatic hydroxyl groups excluding tert-OH is 1. The van der Waals surface area contributed by atoms with Gasteiger partial charge >= 0.3 is 0 Å². The van der Waals surface area contributed by atoms with Crippen LogP contribution in [0.15, 0.2) is 0 Å². The maximum absolute atomic E-state index is 8.76. The summed E-state index contributed by atoms with van der Waals surface area (Å²) in [6.07, 6.45) is 2.25. The highest BCUT2D eigenvalue weighted by atomic mass is 16.3. The Labute approximate surface area is 81.3 Å². The van der Waals surface area contributed by atoms with Crippen LogP contribution in [-0.2, 0) is 0 Å². The Kier molecular flexibility index (Phi) is 5.35. The van der Waals surface area contributed by atoms with Crippen molar-refractivity contribution in [2.75, 3.05) is 45.9 Å². The van der Waals surface area contributed by atoms with E-state index in [1.165, 1.54) is 13.0 Å². The molecule has 0 amide bonds. The molecular weight excluding hydrogens is 164 g/mol. The van der Waals surface area contributed by atoms with E-state index in [1.807, 2.05) is 0 Å². The molecule has 0 aromatic carbocycles. The summed E-state index contributed by atoms with van der Waals surface area (Å²) in [5.74, 6) is 0. The molecule has 0 saturated carbocycles. The Morgan fingerprint density at radius 2 is 1.54 bits per heavy atom. The van der Waals surface area contributed by atoms with Gasteiger partial charge in [-0.2, -0.15) is 6.42 Å². The van der Waals surface area contributed by atoms with E-state index in [2.05, 4.69) is 16.7 Å². The molecule has 1 aliphatic rings. The average molecular weight is 185 g/mol. The lowest BCUT2D eigenvalue weighted by Crippen LogP contribution is -2.47. The number of nitrogens with zero attached hydrogens (tertiary/aromatic N) is 2. The van der Waals surface area contributed by atoms with Crippen LogP contribution in [-0.4, -0.2) is 60.8 Å². The number of hydrogen-bond donors (Lipinski definition) is 1. The SMILES string of the molecule is [CH2-]CCCN1CCN(CCO)CC1. The lowest BCUT2D eigenvalue weighted by Gasteiger charge is -2.34. The minimum absolute atomic E-state index is 0.291. The van der Waals surface area contributed by atoms with E-state index >= 15 is 0 Å². The van der Waals surface area contributed by atoms with Crippen molar-refractivity contribution < 1.29 is 5.11 Å². The summed E-state index contributed by atoms with van der Waals surface area (Å²) in [5, 5.41) is 8.76. The Morgan fingerprint density at radius 3 is 2.00 bits per heavy atom. The molecular formula is C10H21N2O-. The van der Waals surface area contributed by atoms with Crippen LogP contribution in [0, 0.1) is 6.92 Å². The van der Waals surface area contributed by atoms with Gasteiger partial charge in [0.2, 0.25) is 0 Å². The number of piperazine rings is 1. The van der Waals surface area contributed by atoms with Crippen LogP contribution in [0.25, 0.3) is 0 Å². The number of hydrogen-bond acceptors (Lipinski definition) is 3. The van der Waals surface area contributed by atoms with E-state index in [-0.39, 0.29) is 0 Å². The zero-order chi connectivity index (χ0) is 9.52. The summed E-state index contributed by atoms with van der Waals surface area (Å²) >= 11 is 0. The molecule has 1 aliphatic heterocycles. The molecule has 0 unspecified atom stereocenters. The van der Waals surface area contributed by atoms with Crippen molar-refractivity contribution in [3.8, 4) is 0 Å². The molecule has 0 aromatic heterocycles. The van der Waals surface area contributed by atoms with E-state index < -0.39 is 0 Å².